The zero-order valence-corrected chi connectivity index (χ0v) is 72.5. The van der Waals surface area contributed by atoms with Gasteiger partial charge in [0.05, 0.1) is 67.5 Å². The van der Waals surface area contributed by atoms with Gasteiger partial charge in [-0.2, -0.15) is 0 Å². The Morgan fingerprint density at radius 3 is 1.66 bits per heavy atom. The number of aromatic amines is 4. The number of nitrogen functional groups attached to an aromatic ring is 4. The number of nitrogens with zero attached hydrogens (tertiary/aromatic N) is 18. The van der Waals surface area contributed by atoms with E-state index in [1.807, 2.05) is 123 Å². The number of anilines is 5. The molecule has 2 saturated heterocycles. The summed E-state index contributed by atoms with van der Waals surface area (Å²) in [5, 5.41) is 18.3. The Morgan fingerprint density at radius 2 is 1.08 bits per heavy atom. The van der Waals surface area contributed by atoms with Crippen molar-refractivity contribution in [3.8, 4) is 56.9 Å². The van der Waals surface area contributed by atoms with Crippen LogP contribution in [0.1, 0.15) is 130 Å². The largest absolute Gasteiger partial charge is 0.481 e. The minimum atomic E-state index is -0.707. The molecule has 18 aromatic rings. The Morgan fingerprint density at radius 1 is 0.531 bits per heavy atom. The summed E-state index contributed by atoms with van der Waals surface area (Å²) in [6.07, 6.45) is 30.4. The molecule has 660 valence electrons. The van der Waals surface area contributed by atoms with Crippen molar-refractivity contribution in [1.82, 2.24) is 112 Å². The highest BCUT2D eigenvalue weighted by Crippen LogP contribution is 2.45. The van der Waals surface area contributed by atoms with Gasteiger partial charge >= 0.3 is 18.0 Å². The third kappa shape index (κ3) is 16.1. The van der Waals surface area contributed by atoms with Crippen molar-refractivity contribution in [2.24, 2.45) is 11.8 Å². The van der Waals surface area contributed by atoms with Crippen molar-refractivity contribution >= 4 is 130 Å². The summed E-state index contributed by atoms with van der Waals surface area (Å²) in [6, 6.07) is 34.9. The summed E-state index contributed by atoms with van der Waals surface area (Å²) in [4.78, 5) is 129. The number of carboxylic acids is 1. The second-order valence-electron chi connectivity index (χ2n) is 33.6. The van der Waals surface area contributed by atoms with Gasteiger partial charge in [-0.3, -0.25) is 46.9 Å². The number of aromatic nitrogens is 19. The van der Waals surface area contributed by atoms with Crippen LogP contribution >= 0.6 is 11.6 Å². The molecule has 2 aromatic carbocycles. The Hall–Kier alpha value is -15.6. The van der Waals surface area contributed by atoms with Gasteiger partial charge in [-0.15, -0.1) is 0 Å². The number of amides is 5. The number of H-pyrrole nitrogens is 4. The normalized spacial score (nSPS) is 16.8. The topological polar surface area (TPSA) is 479 Å². The van der Waals surface area contributed by atoms with Crippen LogP contribution in [0.2, 0.25) is 5.02 Å². The van der Waals surface area contributed by atoms with Gasteiger partial charge in [0.15, 0.2) is 11.3 Å². The number of aryl methyl sites for hydroxylation is 1. The van der Waals surface area contributed by atoms with Crippen molar-refractivity contribution in [3.63, 3.8) is 0 Å². The number of aliphatic carboxylic acids is 1. The lowest BCUT2D eigenvalue weighted by molar-refractivity contribution is -0.142. The number of hydrogen-bond acceptors (Lipinski definition) is 21. The van der Waals surface area contributed by atoms with Crippen LogP contribution in [-0.4, -0.2) is 183 Å². The molecule has 0 unspecified atom stereocenters. The van der Waals surface area contributed by atoms with E-state index >= 15 is 0 Å². The molecule has 36 heteroatoms. The second kappa shape index (κ2) is 35.3. The third-order valence-electron chi connectivity index (χ3n) is 25.5. The number of furan rings is 1. The average molecular weight is 1760 g/mol. The van der Waals surface area contributed by atoms with Crippen LogP contribution in [0.5, 0.6) is 0 Å². The number of urea groups is 2. The van der Waals surface area contributed by atoms with Crippen LogP contribution < -0.4 is 39.1 Å². The highest BCUT2D eigenvalue weighted by atomic mass is 35.5. The molecule has 0 spiro atoms. The summed E-state index contributed by atoms with van der Waals surface area (Å²) in [6.45, 7) is 4.76. The minimum Gasteiger partial charge on any atom is -0.481 e. The first-order valence-electron chi connectivity index (χ1n) is 43.4. The van der Waals surface area contributed by atoms with Crippen LogP contribution in [-0.2, 0) is 9.59 Å². The van der Waals surface area contributed by atoms with E-state index in [0.717, 1.165) is 177 Å². The van der Waals surface area contributed by atoms with E-state index in [4.69, 9.17) is 58.9 Å². The number of nitrogens with two attached hydrogens (primary N) is 4. The molecular weight excluding hydrogens is 1670 g/mol. The first-order valence-corrected chi connectivity index (χ1v) is 43.8. The SMILES string of the molecule is CN(C)C(=O)N1CCC(c2nc(-c3cc4ncccc4o3)c3c(N)nccn23)CC1.CNC(=O)N1CCC(c2nc(-c3cc4cccc(-c5ccccn5)c4[nH]3)c3c(N)nccn23)CC1.Cc1cnc(N)c2c(-c3cc4cccc(Cl)c4[nH]3)nc(C3CCC(C(=O)O)CC3)n12.Nc1nccn2c(C3CCC(C(=O)Nc4cccnc4)CC3)nc(-c3cc4c(=O)[nH]ccc4[nH]3)c12. The number of likely N-dealkylation sites (tertiary alicyclic amines) is 2. The Labute approximate surface area is 747 Å². The molecule has 22 rings (SSSR count). The van der Waals surface area contributed by atoms with Gasteiger partial charge in [-0.25, -0.2) is 49.5 Å². The third-order valence-corrected chi connectivity index (χ3v) is 25.8. The monoisotopic (exact) mass is 1760 g/mol. The molecule has 4 fully saturated rings. The molecule has 2 aliphatic heterocycles. The minimum absolute atomic E-state index is 0.0295. The fourth-order valence-electron chi connectivity index (χ4n) is 18.9. The molecule has 18 heterocycles. The number of carboxylic acid groups (broad SMARTS) is 1. The van der Waals surface area contributed by atoms with E-state index in [2.05, 4.69) is 92.5 Å². The number of hydrogen-bond donors (Lipinski definition) is 11. The molecule has 2 aliphatic carbocycles. The van der Waals surface area contributed by atoms with Crippen LogP contribution in [0.25, 0.3) is 123 Å². The molecular formula is C94H95ClN28O7. The molecule has 2 saturated carbocycles. The number of piperidine rings is 2. The fourth-order valence-corrected chi connectivity index (χ4v) is 19.1. The number of halogens is 1. The summed E-state index contributed by atoms with van der Waals surface area (Å²) in [5.41, 5.74) is 41.0. The number of carbonyl (C=O) groups is 4. The standard InChI is InChI=1S/C26H26N8O.C25H24N8O2.C22H22ClN5O2.C21H23N7O2/c1-28-26(35)33-12-8-16(9-13-33)25-32-22(23-24(27)30-11-14-34(23)25)20-15-17-5-4-6-18(21(17)31-20)19-7-2-3-10-29-19;26-22-21-20(19-12-17-18(31-19)7-9-29-25(17)35)32-23(33(21)11-10-28-22)14-3-5-15(6-4-14)24(34)30-16-2-1-8-27-13-16;1-11-10-25-20(24)19-18(16-9-14-3-2-4-15(23)17(14)26-16)27-21(28(11)19)12-5-7-13(8-6-12)22(29)30;1-26(2)21(29)27-9-5-13(6-10-27)20-25-17(18-19(22)24-8-11-28(18)20)16-12-14-15(30-16)4-3-7-23-14/h2-7,10-11,14-16,31H,8-9,12-13H2,1H3,(H2,27,30)(H,28,35);1-2,7-15,31H,3-6H2,(H2,26,28)(H,29,35)(H,30,34);2-4,9-10,12-13,26H,5-8H2,1H3,(H2,24,25)(H,29,30);3-4,7-8,11-13H,5-6,9-10H2,1-2H3,(H2,22,24). The molecule has 15 N–H and O–H groups in total. The smallest absolute Gasteiger partial charge is 0.319 e. The Bertz CT molecular complexity index is 7340. The maximum atomic E-state index is 12.8. The molecule has 16 aromatic heterocycles. The van der Waals surface area contributed by atoms with Gasteiger partial charge in [-0.05, 0) is 151 Å². The molecule has 4 aliphatic rings. The van der Waals surface area contributed by atoms with Crippen molar-refractivity contribution in [2.75, 3.05) is 75.6 Å². The van der Waals surface area contributed by atoms with E-state index in [-0.39, 0.29) is 59.0 Å². The molecule has 0 atom stereocenters. The number of rotatable bonds is 12. The molecule has 5 amide bonds. The predicted octanol–water partition coefficient (Wildman–Crippen LogP) is 15.3. The lowest BCUT2D eigenvalue weighted by Gasteiger charge is -2.33. The lowest BCUT2D eigenvalue weighted by atomic mass is 9.81. The zero-order valence-electron chi connectivity index (χ0n) is 71.7. The van der Waals surface area contributed by atoms with Gasteiger partial charge in [0.2, 0.25) is 5.91 Å². The van der Waals surface area contributed by atoms with Crippen LogP contribution in [0.3, 0.4) is 0 Å². The Kier molecular flexibility index (Phi) is 22.8. The van der Waals surface area contributed by atoms with Gasteiger partial charge in [-0.1, -0.05) is 48.0 Å². The number of carbonyl (C=O) groups excluding carboxylic acids is 3. The van der Waals surface area contributed by atoms with Gasteiger partial charge in [0.25, 0.3) is 5.56 Å². The van der Waals surface area contributed by atoms with Crippen LogP contribution in [0, 0.1) is 18.8 Å². The number of para-hydroxylation sites is 2. The number of imidazole rings is 4. The predicted molar refractivity (Wildman–Crippen MR) is 499 cm³/mol. The van der Waals surface area contributed by atoms with E-state index in [9.17, 15) is 29.1 Å². The first kappa shape index (κ1) is 84.0. The molecule has 130 heavy (non-hydrogen) atoms. The maximum Gasteiger partial charge on any atom is 0.319 e. The number of benzene rings is 2. The summed E-state index contributed by atoms with van der Waals surface area (Å²) in [7, 11) is 5.22. The van der Waals surface area contributed by atoms with Crippen molar-refractivity contribution in [3.05, 3.63) is 228 Å². The van der Waals surface area contributed by atoms with E-state index < -0.39 is 5.97 Å². The number of pyridine rings is 4. The summed E-state index contributed by atoms with van der Waals surface area (Å²) >= 11 is 6.36. The van der Waals surface area contributed by atoms with Crippen LogP contribution in [0.4, 0.5) is 38.5 Å². The van der Waals surface area contributed by atoms with E-state index in [0.29, 0.717) is 112 Å². The highest BCUT2D eigenvalue weighted by Gasteiger charge is 2.36. The van der Waals surface area contributed by atoms with Gasteiger partial charge in [0, 0.05) is 173 Å². The quantitative estimate of drug-likeness (QED) is 0.0541. The average Bonchev–Trinajstić information content (AvgIpc) is 1.59. The molecule has 0 bridgehead atoms. The van der Waals surface area contributed by atoms with Crippen LogP contribution in [0.15, 0.2) is 193 Å². The van der Waals surface area contributed by atoms with Crippen molar-refractivity contribution < 1.29 is 28.7 Å². The van der Waals surface area contributed by atoms with Gasteiger partial charge in [0.1, 0.15) is 96.9 Å². The number of fused-ring (bicyclic) bond motifs is 8. The maximum absolute atomic E-state index is 12.8. The highest BCUT2D eigenvalue weighted by molar-refractivity contribution is 6.35. The summed E-state index contributed by atoms with van der Waals surface area (Å²) in [5.74, 6) is 5.70. The lowest BCUT2D eigenvalue weighted by Crippen LogP contribution is -2.43. The molecule has 35 nitrogen and oxygen atoms in total. The zero-order chi connectivity index (χ0) is 89.7. The van der Waals surface area contributed by atoms with Crippen molar-refractivity contribution in [1.29, 1.82) is 0 Å². The van der Waals surface area contributed by atoms with E-state index in [1.165, 1.54) is 0 Å². The van der Waals surface area contributed by atoms with Gasteiger partial charge < -0.3 is 77.7 Å². The van der Waals surface area contributed by atoms with E-state index in [1.54, 1.807) is 93.9 Å². The molecule has 0 radical (unpaired) electrons. The Balaban J connectivity index is 0.000000113. The van der Waals surface area contributed by atoms with Crippen molar-refractivity contribution in [2.45, 2.75) is 108 Å². The second-order valence-corrected chi connectivity index (χ2v) is 34.0. The fraction of sp³-hybridized carbons (Fsp3) is 0.277. The summed E-state index contributed by atoms with van der Waals surface area (Å²) < 4.78 is 14.2. The number of nitrogens with one attached hydrogen (secondary N) is 6. The first-order chi connectivity index (χ1) is 63.2.